The molecule has 0 saturated carbocycles. The third-order valence-corrected chi connectivity index (χ3v) is 3.29. The van der Waals surface area contributed by atoms with Crippen molar-refractivity contribution in [3.63, 3.8) is 0 Å². The Morgan fingerprint density at radius 1 is 1.40 bits per heavy atom. The molecule has 0 aromatic carbocycles. The molecule has 1 rings (SSSR count). The molecule has 0 unspecified atom stereocenters. The minimum Gasteiger partial charge on any atom is -0.313 e. The van der Waals surface area contributed by atoms with Crippen LogP contribution in [0.5, 0.6) is 0 Å². The molecule has 1 nitrogen and oxygen atoms in total. The van der Waals surface area contributed by atoms with Crippen molar-refractivity contribution in [1.82, 2.24) is 5.32 Å². The number of nitrogens with one attached hydrogen (secondary N) is 1. The van der Waals surface area contributed by atoms with E-state index >= 15 is 0 Å². The molecule has 1 aromatic rings. The molecule has 0 atom stereocenters. The van der Waals surface area contributed by atoms with E-state index in [2.05, 4.69) is 44.3 Å². The predicted molar refractivity (Wildman–Crippen MR) is 70.5 cm³/mol. The average molecular weight is 223 g/mol. The van der Waals surface area contributed by atoms with Crippen molar-refractivity contribution in [3.8, 4) is 0 Å². The zero-order valence-corrected chi connectivity index (χ0v) is 10.8. The Kier molecular flexibility index (Phi) is 5.66. The minimum absolute atomic E-state index is 1.03. The van der Waals surface area contributed by atoms with Crippen LogP contribution in [0.2, 0.25) is 0 Å². The Labute approximate surface area is 97.2 Å². The molecule has 0 saturated heterocycles. The molecular weight excluding hydrogens is 202 g/mol. The summed E-state index contributed by atoms with van der Waals surface area (Å²) >= 11 is 1.87. The highest BCUT2D eigenvalue weighted by Gasteiger charge is 1.97. The van der Waals surface area contributed by atoms with Crippen LogP contribution in [0.3, 0.4) is 0 Å². The summed E-state index contributed by atoms with van der Waals surface area (Å²) in [5.74, 6) is 0. The van der Waals surface area contributed by atoms with E-state index in [0.717, 1.165) is 19.5 Å². The molecular formula is C13H21NS. The zero-order chi connectivity index (χ0) is 11.1. The standard InChI is InChI=1S/C13H21NS/c1-4-8-14-10-12(5-2)9-13-7-6-11(3)15-13/h6-7,9,14H,4-5,8,10H2,1-3H3. The third kappa shape index (κ3) is 4.63. The highest BCUT2D eigenvalue weighted by molar-refractivity contribution is 7.12. The maximum absolute atomic E-state index is 3.45. The Bertz CT molecular complexity index is 312. The topological polar surface area (TPSA) is 12.0 Å². The van der Waals surface area contributed by atoms with Crippen molar-refractivity contribution in [2.24, 2.45) is 0 Å². The summed E-state index contributed by atoms with van der Waals surface area (Å²) < 4.78 is 0. The molecule has 0 aliphatic rings. The summed E-state index contributed by atoms with van der Waals surface area (Å²) in [6.07, 6.45) is 4.66. The van der Waals surface area contributed by atoms with Crippen LogP contribution in [-0.4, -0.2) is 13.1 Å². The van der Waals surface area contributed by atoms with Gasteiger partial charge in [0.2, 0.25) is 0 Å². The molecule has 1 aromatic heterocycles. The van der Waals surface area contributed by atoms with Crippen molar-refractivity contribution >= 4 is 17.4 Å². The van der Waals surface area contributed by atoms with E-state index in [-0.39, 0.29) is 0 Å². The van der Waals surface area contributed by atoms with Gasteiger partial charge in [-0.05, 0) is 44.5 Å². The van der Waals surface area contributed by atoms with E-state index in [9.17, 15) is 0 Å². The Morgan fingerprint density at radius 3 is 2.73 bits per heavy atom. The number of aryl methyl sites for hydroxylation is 1. The van der Waals surface area contributed by atoms with E-state index in [4.69, 9.17) is 0 Å². The quantitative estimate of drug-likeness (QED) is 0.722. The van der Waals surface area contributed by atoms with Crippen LogP contribution >= 0.6 is 11.3 Å². The van der Waals surface area contributed by atoms with E-state index in [0.29, 0.717) is 0 Å². The SMILES string of the molecule is CCCNCC(=Cc1ccc(C)s1)CC. The van der Waals surface area contributed by atoms with Gasteiger partial charge < -0.3 is 5.32 Å². The van der Waals surface area contributed by atoms with Gasteiger partial charge >= 0.3 is 0 Å². The van der Waals surface area contributed by atoms with E-state index in [1.165, 1.54) is 21.7 Å². The van der Waals surface area contributed by atoms with Crippen LogP contribution in [0.1, 0.15) is 36.4 Å². The van der Waals surface area contributed by atoms with Crippen LogP contribution in [0.4, 0.5) is 0 Å². The number of thiophene rings is 1. The summed E-state index contributed by atoms with van der Waals surface area (Å²) in [6, 6.07) is 4.39. The summed E-state index contributed by atoms with van der Waals surface area (Å²) in [4.78, 5) is 2.76. The normalized spacial score (nSPS) is 12.1. The second kappa shape index (κ2) is 6.81. The van der Waals surface area contributed by atoms with Crippen molar-refractivity contribution in [2.45, 2.75) is 33.6 Å². The van der Waals surface area contributed by atoms with Crippen molar-refractivity contribution in [2.75, 3.05) is 13.1 Å². The van der Waals surface area contributed by atoms with Gasteiger partial charge in [-0.3, -0.25) is 0 Å². The molecule has 2 heteroatoms. The van der Waals surface area contributed by atoms with Crippen molar-refractivity contribution in [1.29, 1.82) is 0 Å². The summed E-state index contributed by atoms with van der Waals surface area (Å²) in [7, 11) is 0. The van der Waals surface area contributed by atoms with E-state index < -0.39 is 0 Å². The molecule has 15 heavy (non-hydrogen) atoms. The lowest BCUT2D eigenvalue weighted by molar-refractivity contribution is 0.706. The van der Waals surface area contributed by atoms with Crippen LogP contribution in [0.15, 0.2) is 17.7 Å². The second-order valence-electron chi connectivity index (χ2n) is 3.78. The van der Waals surface area contributed by atoms with Crippen molar-refractivity contribution < 1.29 is 0 Å². The summed E-state index contributed by atoms with van der Waals surface area (Å²) in [6.45, 7) is 8.72. The Balaban J connectivity index is 2.53. The molecule has 0 aliphatic carbocycles. The first-order chi connectivity index (χ1) is 7.26. The molecule has 0 radical (unpaired) electrons. The minimum atomic E-state index is 1.03. The number of hydrogen-bond donors (Lipinski definition) is 1. The first-order valence-electron chi connectivity index (χ1n) is 5.72. The maximum Gasteiger partial charge on any atom is 0.0273 e. The zero-order valence-electron chi connectivity index (χ0n) is 9.97. The van der Waals surface area contributed by atoms with Gasteiger partial charge in [0.05, 0.1) is 0 Å². The maximum atomic E-state index is 3.45. The molecule has 1 N–H and O–H groups in total. The smallest absolute Gasteiger partial charge is 0.0273 e. The molecule has 0 fully saturated rings. The van der Waals surface area contributed by atoms with Crippen LogP contribution < -0.4 is 5.32 Å². The fraction of sp³-hybridized carbons (Fsp3) is 0.538. The third-order valence-electron chi connectivity index (χ3n) is 2.34. The predicted octanol–water partition coefficient (Wildman–Crippen LogP) is 3.85. The number of hydrogen-bond acceptors (Lipinski definition) is 2. The fourth-order valence-corrected chi connectivity index (χ4v) is 2.31. The monoisotopic (exact) mass is 223 g/mol. The average Bonchev–Trinajstić information content (AvgIpc) is 2.63. The van der Waals surface area contributed by atoms with Gasteiger partial charge in [0, 0.05) is 16.3 Å². The highest BCUT2D eigenvalue weighted by Crippen LogP contribution is 2.18. The molecule has 0 aliphatic heterocycles. The van der Waals surface area contributed by atoms with Crippen LogP contribution in [0, 0.1) is 6.92 Å². The number of rotatable bonds is 6. The summed E-state index contributed by atoms with van der Waals surface area (Å²) in [5.41, 5.74) is 1.49. The van der Waals surface area contributed by atoms with Crippen LogP contribution in [-0.2, 0) is 0 Å². The lowest BCUT2D eigenvalue weighted by Gasteiger charge is -2.05. The Morgan fingerprint density at radius 2 is 2.20 bits per heavy atom. The first-order valence-corrected chi connectivity index (χ1v) is 6.54. The first kappa shape index (κ1) is 12.5. The van der Waals surface area contributed by atoms with E-state index in [1.54, 1.807) is 0 Å². The van der Waals surface area contributed by atoms with Gasteiger partial charge in [-0.25, -0.2) is 0 Å². The summed E-state index contributed by atoms with van der Waals surface area (Å²) in [5, 5.41) is 3.45. The lowest BCUT2D eigenvalue weighted by Crippen LogP contribution is -2.17. The second-order valence-corrected chi connectivity index (χ2v) is 5.10. The molecule has 0 amide bonds. The van der Waals surface area contributed by atoms with Crippen LogP contribution in [0.25, 0.3) is 6.08 Å². The van der Waals surface area contributed by atoms with Gasteiger partial charge in [0.15, 0.2) is 0 Å². The van der Waals surface area contributed by atoms with Gasteiger partial charge in [0.1, 0.15) is 0 Å². The molecule has 84 valence electrons. The molecule has 0 spiro atoms. The van der Waals surface area contributed by atoms with Crippen molar-refractivity contribution in [3.05, 3.63) is 27.5 Å². The lowest BCUT2D eigenvalue weighted by atomic mass is 10.2. The highest BCUT2D eigenvalue weighted by atomic mass is 32.1. The van der Waals surface area contributed by atoms with Gasteiger partial charge in [0.25, 0.3) is 0 Å². The molecule has 0 bridgehead atoms. The molecule has 1 heterocycles. The van der Waals surface area contributed by atoms with E-state index in [1.807, 2.05) is 11.3 Å². The fourth-order valence-electron chi connectivity index (χ4n) is 1.44. The van der Waals surface area contributed by atoms with Gasteiger partial charge in [-0.15, -0.1) is 11.3 Å². The largest absolute Gasteiger partial charge is 0.313 e. The Hall–Kier alpha value is -0.600. The van der Waals surface area contributed by atoms with Gasteiger partial charge in [-0.1, -0.05) is 19.4 Å². The van der Waals surface area contributed by atoms with Gasteiger partial charge in [-0.2, -0.15) is 0 Å².